The summed E-state index contributed by atoms with van der Waals surface area (Å²) in [6.07, 6.45) is 7.48. The second-order valence-electron chi connectivity index (χ2n) is 6.01. The fourth-order valence-corrected chi connectivity index (χ4v) is 3.19. The van der Waals surface area contributed by atoms with Crippen molar-refractivity contribution in [3.8, 4) is 0 Å². The van der Waals surface area contributed by atoms with E-state index < -0.39 is 0 Å². The number of hydrogen-bond acceptors (Lipinski definition) is 2. The minimum Gasteiger partial charge on any atom is -0.329 e. The molecule has 100 valence electrons. The van der Waals surface area contributed by atoms with E-state index in [9.17, 15) is 0 Å². The van der Waals surface area contributed by atoms with Crippen LogP contribution in [-0.4, -0.2) is 34.1 Å². The van der Waals surface area contributed by atoms with Gasteiger partial charge in [0.2, 0.25) is 0 Å². The summed E-state index contributed by atoms with van der Waals surface area (Å²) in [5.74, 6) is 0.819. The van der Waals surface area contributed by atoms with Crippen LogP contribution in [0.25, 0.3) is 11.0 Å². The van der Waals surface area contributed by atoms with Crippen LogP contribution in [0, 0.1) is 0 Å². The average molecular weight is 255 g/mol. The Hall–Kier alpha value is -1.35. The molecule has 2 aliphatic rings. The molecule has 0 spiro atoms. The first kappa shape index (κ1) is 11.5. The predicted molar refractivity (Wildman–Crippen MR) is 77.4 cm³/mol. The van der Waals surface area contributed by atoms with Gasteiger partial charge >= 0.3 is 0 Å². The molecule has 0 radical (unpaired) electrons. The summed E-state index contributed by atoms with van der Waals surface area (Å²) in [6.45, 7) is 4.78. The fourth-order valence-electron chi connectivity index (χ4n) is 3.19. The zero-order valence-corrected chi connectivity index (χ0v) is 11.4. The number of benzene rings is 1. The van der Waals surface area contributed by atoms with Crippen molar-refractivity contribution in [2.45, 2.75) is 38.1 Å². The Bertz CT molecular complexity index is 577. The third-order valence-corrected chi connectivity index (χ3v) is 4.55. The molecule has 1 aliphatic heterocycles. The highest BCUT2D eigenvalue weighted by Gasteiger charge is 2.23. The Labute approximate surface area is 114 Å². The lowest BCUT2D eigenvalue weighted by atomic mass is 10.1. The second-order valence-corrected chi connectivity index (χ2v) is 6.01. The molecule has 2 aromatic rings. The monoisotopic (exact) mass is 255 g/mol. The molecule has 1 aliphatic carbocycles. The van der Waals surface area contributed by atoms with Gasteiger partial charge in [0.15, 0.2) is 0 Å². The predicted octanol–water partition coefficient (Wildman–Crippen LogP) is 3.01. The van der Waals surface area contributed by atoms with E-state index in [1.165, 1.54) is 55.4 Å². The highest BCUT2D eigenvalue weighted by Crippen LogP contribution is 2.40. The molecule has 2 fully saturated rings. The van der Waals surface area contributed by atoms with Gasteiger partial charge in [0.25, 0.3) is 0 Å². The summed E-state index contributed by atoms with van der Waals surface area (Å²) in [4.78, 5) is 7.14. The van der Waals surface area contributed by atoms with E-state index in [1.807, 2.05) is 6.33 Å². The fraction of sp³-hybridized carbons (Fsp3) is 0.562. The quantitative estimate of drug-likeness (QED) is 0.837. The second kappa shape index (κ2) is 4.64. The number of nitrogens with zero attached hydrogens (tertiary/aromatic N) is 3. The molecule has 19 heavy (non-hydrogen) atoms. The molecule has 1 aromatic carbocycles. The zero-order chi connectivity index (χ0) is 12.7. The number of imidazole rings is 1. The minimum absolute atomic E-state index is 0.819. The van der Waals surface area contributed by atoms with Gasteiger partial charge in [-0.1, -0.05) is 6.07 Å². The van der Waals surface area contributed by atoms with Crippen LogP contribution >= 0.6 is 0 Å². The van der Waals surface area contributed by atoms with Crippen LogP contribution in [0.1, 0.15) is 37.2 Å². The lowest BCUT2D eigenvalue weighted by Crippen LogP contribution is -2.23. The smallest absolute Gasteiger partial charge is 0.0958 e. The number of hydrogen-bond donors (Lipinski definition) is 0. The SMILES string of the molecule is c1cc2c(cc1C1CC1)ncn2CCN1CCCC1. The van der Waals surface area contributed by atoms with E-state index in [-0.39, 0.29) is 0 Å². The normalized spacial score (nSPS) is 20.4. The molecular formula is C16H21N3. The van der Waals surface area contributed by atoms with E-state index in [0.29, 0.717) is 0 Å². The molecule has 1 aromatic heterocycles. The summed E-state index contributed by atoms with van der Waals surface area (Å²) < 4.78 is 2.31. The lowest BCUT2D eigenvalue weighted by molar-refractivity contribution is 0.324. The number of rotatable bonds is 4. The van der Waals surface area contributed by atoms with E-state index in [4.69, 9.17) is 0 Å². The van der Waals surface area contributed by atoms with E-state index >= 15 is 0 Å². The van der Waals surface area contributed by atoms with Crippen LogP contribution in [0.2, 0.25) is 0 Å². The van der Waals surface area contributed by atoms with Crippen molar-refractivity contribution in [3.05, 3.63) is 30.1 Å². The lowest BCUT2D eigenvalue weighted by Gasteiger charge is -2.14. The largest absolute Gasteiger partial charge is 0.329 e. The van der Waals surface area contributed by atoms with Gasteiger partial charge in [-0.05, 0) is 62.4 Å². The van der Waals surface area contributed by atoms with Crippen molar-refractivity contribution in [2.24, 2.45) is 0 Å². The third kappa shape index (κ3) is 2.27. The molecule has 2 heterocycles. The van der Waals surface area contributed by atoms with Gasteiger partial charge in [-0.15, -0.1) is 0 Å². The Kier molecular flexibility index (Phi) is 2.80. The molecule has 3 nitrogen and oxygen atoms in total. The summed E-state index contributed by atoms with van der Waals surface area (Å²) >= 11 is 0. The summed E-state index contributed by atoms with van der Waals surface area (Å²) in [7, 11) is 0. The third-order valence-electron chi connectivity index (χ3n) is 4.55. The Morgan fingerprint density at radius 3 is 2.74 bits per heavy atom. The van der Waals surface area contributed by atoms with E-state index in [0.717, 1.165) is 19.0 Å². The molecule has 0 amide bonds. The maximum atomic E-state index is 4.58. The van der Waals surface area contributed by atoms with Crippen LogP contribution in [0.3, 0.4) is 0 Å². The Balaban J connectivity index is 1.53. The Morgan fingerprint density at radius 2 is 1.95 bits per heavy atom. The summed E-state index contributed by atoms with van der Waals surface area (Å²) in [5, 5.41) is 0. The molecule has 1 saturated carbocycles. The maximum absolute atomic E-state index is 4.58. The molecule has 0 atom stereocenters. The van der Waals surface area contributed by atoms with Crippen molar-refractivity contribution in [1.29, 1.82) is 0 Å². The average Bonchev–Trinajstić information content (AvgIpc) is 3.01. The van der Waals surface area contributed by atoms with Crippen molar-refractivity contribution >= 4 is 11.0 Å². The molecular weight excluding hydrogens is 234 g/mol. The number of fused-ring (bicyclic) bond motifs is 1. The van der Waals surface area contributed by atoms with Crippen LogP contribution in [0.15, 0.2) is 24.5 Å². The van der Waals surface area contributed by atoms with Crippen molar-refractivity contribution in [1.82, 2.24) is 14.5 Å². The first-order valence-electron chi connectivity index (χ1n) is 7.57. The van der Waals surface area contributed by atoms with Crippen molar-refractivity contribution < 1.29 is 0 Å². The van der Waals surface area contributed by atoms with Gasteiger partial charge < -0.3 is 9.47 Å². The number of aromatic nitrogens is 2. The summed E-state index contributed by atoms with van der Waals surface area (Å²) in [5.41, 5.74) is 3.95. The van der Waals surface area contributed by atoms with Crippen LogP contribution in [0.5, 0.6) is 0 Å². The number of likely N-dealkylation sites (tertiary alicyclic amines) is 1. The van der Waals surface area contributed by atoms with Gasteiger partial charge in [0, 0.05) is 13.1 Å². The molecule has 4 rings (SSSR count). The zero-order valence-electron chi connectivity index (χ0n) is 11.4. The van der Waals surface area contributed by atoms with E-state index in [1.54, 1.807) is 0 Å². The van der Waals surface area contributed by atoms with Crippen molar-refractivity contribution in [3.63, 3.8) is 0 Å². The first-order valence-corrected chi connectivity index (χ1v) is 7.57. The van der Waals surface area contributed by atoms with Gasteiger partial charge in [-0.2, -0.15) is 0 Å². The van der Waals surface area contributed by atoms with Gasteiger partial charge in [-0.25, -0.2) is 4.98 Å². The molecule has 0 N–H and O–H groups in total. The van der Waals surface area contributed by atoms with Gasteiger partial charge in [0.1, 0.15) is 0 Å². The molecule has 1 saturated heterocycles. The highest BCUT2D eigenvalue weighted by molar-refractivity contribution is 5.76. The van der Waals surface area contributed by atoms with E-state index in [2.05, 4.69) is 32.7 Å². The Morgan fingerprint density at radius 1 is 1.11 bits per heavy atom. The minimum atomic E-state index is 0.819. The summed E-state index contributed by atoms with van der Waals surface area (Å²) in [6, 6.07) is 6.85. The topological polar surface area (TPSA) is 21.1 Å². The standard InChI is InChI=1S/C16H21N3/c1-2-8-18(7-1)9-10-19-12-17-15-11-14(13-3-4-13)5-6-16(15)19/h5-6,11-13H,1-4,7-10H2. The molecule has 0 bridgehead atoms. The maximum Gasteiger partial charge on any atom is 0.0958 e. The van der Waals surface area contributed by atoms with Crippen LogP contribution < -0.4 is 0 Å². The van der Waals surface area contributed by atoms with Crippen LogP contribution in [-0.2, 0) is 6.54 Å². The highest BCUT2D eigenvalue weighted by atomic mass is 15.2. The van der Waals surface area contributed by atoms with Gasteiger partial charge in [0.05, 0.1) is 17.4 Å². The van der Waals surface area contributed by atoms with Crippen molar-refractivity contribution in [2.75, 3.05) is 19.6 Å². The van der Waals surface area contributed by atoms with Gasteiger partial charge in [-0.3, -0.25) is 0 Å². The first-order chi connectivity index (χ1) is 9.40. The molecule has 3 heteroatoms. The molecule has 0 unspecified atom stereocenters. The van der Waals surface area contributed by atoms with Crippen LogP contribution in [0.4, 0.5) is 0 Å².